The fourth-order valence-corrected chi connectivity index (χ4v) is 4.12. The fourth-order valence-electron chi connectivity index (χ4n) is 4.12. The molecule has 0 aromatic heterocycles. The van der Waals surface area contributed by atoms with Crippen LogP contribution < -0.4 is 10.6 Å². The van der Waals surface area contributed by atoms with E-state index < -0.39 is 0 Å². The highest BCUT2D eigenvalue weighted by atomic mass is 16.5. The molecule has 1 aromatic rings. The molecule has 2 aliphatic rings. The molecule has 0 radical (unpaired) electrons. The number of hydrogen-bond donors (Lipinski definition) is 2. The molecule has 2 N–H and O–H groups in total. The van der Waals surface area contributed by atoms with Crippen LogP contribution in [0.1, 0.15) is 43.7 Å². The molecule has 7 heteroatoms. The van der Waals surface area contributed by atoms with Crippen LogP contribution in [0.25, 0.3) is 0 Å². The minimum Gasteiger partial charge on any atom is -0.383 e. The molecule has 0 saturated carbocycles. The number of likely N-dealkylation sites (tertiary alicyclic amines) is 1. The Morgan fingerprint density at radius 1 is 1.20 bits per heavy atom. The van der Waals surface area contributed by atoms with Crippen molar-refractivity contribution in [1.82, 2.24) is 20.4 Å². The number of guanidine groups is 1. The van der Waals surface area contributed by atoms with Crippen LogP contribution in [-0.4, -0.2) is 74.1 Å². The van der Waals surface area contributed by atoms with Gasteiger partial charge in [-0.2, -0.15) is 0 Å². The topological polar surface area (TPSA) is 69.2 Å². The van der Waals surface area contributed by atoms with Gasteiger partial charge in [-0.1, -0.05) is 24.3 Å². The Balaban J connectivity index is 1.37. The lowest BCUT2D eigenvalue weighted by molar-refractivity contribution is -0.131. The molecule has 0 atom stereocenters. The van der Waals surface area contributed by atoms with Crippen molar-refractivity contribution in [2.45, 2.75) is 51.7 Å². The molecule has 1 amide bonds. The van der Waals surface area contributed by atoms with Crippen molar-refractivity contribution in [1.29, 1.82) is 0 Å². The number of fused-ring (bicyclic) bond motifs is 1. The second-order valence-electron chi connectivity index (χ2n) is 8.14. The van der Waals surface area contributed by atoms with Crippen molar-refractivity contribution in [2.75, 3.05) is 46.4 Å². The Labute approximate surface area is 180 Å². The molecule has 1 aromatic carbocycles. The Morgan fingerprint density at radius 2 is 1.90 bits per heavy atom. The first-order valence-corrected chi connectivity index (χ1v) is 11.3. The van der Waals surface area contributed by atoms with E-state index in [0.29, 0.717) is 19.0 Å². The summed E-state index contributed by atoms with van der Waals surface area (Å²) in [6.07, 6.45) is 3.55. The van der Waals surface area contributed by atoms with Gasteiger partial charge >= 0.3 is 0 Å². The molecule has 1 saturated heterocycles. The van der Waals surface area contributed by atoms with Gasteiger partial charge in [0.05, 0.1) is 6.61 Å². The number of piperidine rings is 1. The van der Waals surface area contributed by atoms with Crippen molar-refractivity contribution in [3.63, 3.8) is 0 Å². The zero-order chi connectivity index (χ0) is 21.2. The molecule has 3 rings (SSSR count). The first-order chi connectivity index (χ1) is 14.7. The number of ether oxygens (including phenoxy) is 1. The Kier molecular flexibility index (Phi) is 8.96. The summed E-state index contributed by atoms with van der Waals surface area (Å²) < 4.78 is 5.18. The molecule has 30 heavy (non-hydrogen) atoms. The summed E-state index contributed by atoms with van der Waals surface area (Å²) >= 11 is 0. The first kappa shape index (κ1) is 22.6. The molecular weight excluding hydrogens is 378 g/mol. The van der Waals surface area contributed by atoms with Gasteiger partial charge in [0.2, 0.25) is 5.91 Å². The lowest BCUT2D eigenvalue weighted by atomic mass is 10.1. The fraction of sp³-hybridized carbons (Fsp3) is 0.652. The second-order valence-corrected chi connectivity index (χ2v) is 8.14. The van der Waals surface area contributed by atoms with Crippen LogP contribution in [0.5, 0.6) is 0 Å². The normalized spacial score (nSPS) is 17.8. The summed E-state index contributed by atoms with van der Waals surface area (Å²) in [5.41, 5.74) is 2.55. The first-order valence-electron chi connectivity index (χ1n) is 11.3. The van der Waals surface area contributed by atoms with Crippen molar-refractivity contribution in [3.8, 4) is 0 Å². The van der Waals surface area contributed by atoms with Gasteiger partial charge in [0, 0.05) is 65.4 Å². The van der Waals surface area contributed by atoms with Crippen LogP contribution in [0, 0.1) is 0 Å². The van der Waals surface area contributed by atoms with Gasteiger partial charge in [-0.15, -0.1) is 0 Å². The van der Waals surface area contributed by atoms with Gasteiger partial charge in [0.1, 0.15) is 0 Å². The average Bonchev–Trinajstić information content (AvgIpc) is 3.20. The summed E-state index contributed by atoms with van der Waals surface area (Å²) in [5, 5.41) is 6.91. The highest BCUT2D eigenvalue weighted by Crippen LogP contribution is 2.22. The number of carbonyl (C=O) groups excluding carboxylic acids is 1. The molecule has 0 aliphatic carbocycles. The van der Waals surface area contributed by atoms with Gasteiger partial charge in [-0.3, -0.25) is 9.79 Å². The third-order valence-corrected chi connectivity index (χ3v) is 5.90. The number of rotatable bonds is 9. The second kappa shape index (κ2) is 11.9. The van der Waals surface area contributed by atoms with Crippen molar-refractivity contribution >= 4 is 11.9 Å². The lowest BCUT2D eigenvalue weighted by Crippen LogP contribution is -2.49. The van der Waals surface area contributed by atoms with Crippen LogP contribution in [0.4, 0.5) is 0 Å². The van der Waals surface area contributed by atoms with E-state index in [1.165, 1.54) is 11.1 Å². The Hall–Kier alpha value is -2.12. The quantitative estimate of drug-likeness (QED) is 0.367. The minimum absolute atomic E-state index is 0.225. The monoisotopic (exact) mass is 415 g/mol. The van der Waals surface area contributed by atoms with Crippen LogP contribution in [0.3, 0.4) is 0 Å². The summed E-state index contributed by atoms with van der Waals surface area (Å²) in [4.78, 5) is 21.6. The van der Waals surface area contributed by atoms with E-state index in [1.807, 2.05) is 17.0 Å². The number of methoxy groups -OCH3 is 1. The molecule has 0 spiro atoms. The Bertz CT molecular complexity index is 676. The molecule has 1 fully saturated rings. The Morgan fingerprint density at radius 3 is 2.53 bits per heavy atom. The van der Waals surface area contributed by atoms with E-state index in [-0.39, 0.29) is 5.91 Å². The SMILES string of the molecule is CCNC(=NCCCC(=O)N1Cc2ccccc2C1)NC1CCN(CCOC)CC1. The van der Waals surface area contributed by atoms with Crippen LogP contribution in [0.15, 0.2) is 29.3 Å². The number of hydrogen-bond acceptors (Lipinski definition) is 4. The number of benzene rings is 1. The molecular formula is C23H37N5O2. The van der Waals surface area contributed by atoms with E-state index >= 15 is 0 Å². The smallest absolute Gasteiger partial charge is 0.223 e. The minimum atomic E-state index is 0.225. The number of nitrogens with zero attached hydrogens (tertiary/aromatic N) is 3. The molecule has 2 heterocycles. The molecule has 2 aliphatic heterocycles. The summed E-state index contributed by atoms with van der Waals surface area (Å²) in [6.45, 7) is 9.05. The number of nitrogens with one attached hydrogen (secondary N) is 2. The molecule has 7 nitrogen and oxygen atoms in total. The van der Waals surface area contributed by atoms with E-state index in [0.717, 1.165) is 71.1 Å². The highest BCUT2D eigenvalue weighted by Gasteiger charge is 2.22. The largest absolute Gasteiger partial charge is 0.383 e. The summed E-state index contributed by atoms with van der Waals surface area (Å²) in [7, 11) is 1.76. The standard InChI is InChI=1S/C23H37N5O2/c1-3-24-23(26-21-10-13-27(14-11-21)15-16-30-2)25-12-6-9-22(29)28-17-19-7-4-5-8-20(19)18-28/h4-5,7-8,21H,3,6,9-18H2,1-2H3,(H2,24,25,26). The van der Waals surface area contributed by atoms with Crippen LogP contribution in [-0.2, 0) is 22.6 Å². The molecule has 0 unspecified atom stereocenters. The average molecular weight is 416 g/mol. The van der Waals surface area contributed by atoms with E-state index in [4.69, 9.17) is 9.73 Å². The van der Waals surface area contributed by atoms with E-state index in [1.54, 1.807) is 7.11 Å². The zero-order valence-corrected chi connectivity index (χ0v) is 18.5. The van der Waals surface area contributed by atoms with Crippen molar-refractivity contribution in [3.05, 3.63) is 35.4 Å². The maximum absolute atomic E-state index is 12.5. The maximum Gasteiger partial charge on any atom is 0.223 e. The van der Waals surface area contributed by atoms with Gasteiger partial charge in [-0.05, 0) is 37.3 Å². The van der Waals surface area contributed by atoms with Crippen molar-refractivity contribution < 1.29 is 9.53 Å². The summed E-state index contributed by atoms with van der Waals surface area (Å²) in [6, 6.07) is 8.76. The van der Waals surface area contributed by atoms with E-state index in [9.17, 15) is 4.79 Å². The predicted octanol–water partition coefficient (Wildman–Crippen LogP) is 1.97. The third-order valence-electron chi connectivity index (χ3n) is 5.90. The highest BCUT2D eigenvalue weighted by molar-refractivity contribution is 5.80. The summed E-state index contributed by atoms with van der Waals surface area (Å²) in [5.74, 6) is 1.09. The third kappa shape index (κ3) is 6.71. The van der Waals surface area contributed by atoms with E-state index in [2.05, 4.69) is 34.6 Å². The maximum atomic E-state index is 12.5. The van der Waals surface area contributed by atoms with Gasteiger partial charge in [0.25, 0.3) is 0 Å². The number of amides is 1. The predicted molar refractivity (Wildman–Crippen MR) is 120 cm³/mol. The number of carbonyl (C=O) groups is 1. The van der Waals surface area contributed by atoms with Crippen LogP contribution >= 0.6 is 0 Å². The van der Waals surface area contributed by atoms with Crippen LogP contribution in [0.2, 0.25) is 0 Å². The number of aliphatic imine (C=N–C) groups is 1. The van der Waals surface area contributed by atoms with Crippen molar-refractivity contribution in [2.24, 2.45) is 4.99 Å². The zero-order valence-electron chi connectivity index (χ0n) is 18.5. The lowest BCUT2D eigenvalue weighted by Gasteiger charge is -2.32. The van der Waals surface area contributed by atoms with Gasteiger partial charge < -0.3 is 25.2 Å². The van der Waals surface area contributed by atoms with Gasteiger partial charge in [-0.25, -0.2) is 0 Å². The molecule has 0 bridgehead atoms. The molecule has 166 valence electrons. The van der Waals surface area contributed by atoms with Gasteiger partial charge in [0.15, 0.2) is 5.96 Å².